The Morgan fingerprint density at radius 2 is 1.64 bits per heavy atom. The molecule has 0 saturated heterocycles. The molecule has 0 aliphatic carbocycles. The van der Waals surface area contributed by atoms with E-state index in [0.717, 1.165) is 24.2 Å². The fraction of sp³-hybridized carbons (Fsp3) is 0.321. The minimum atomic E-state index is -0.313. The largest absolute Gasteiger partial charge is 0.493 e. The number of urea groups is 1. The zero-order chi connectivity index (χ0) is 25.7. The van der Waals surface area contributed by atoms with Crippen molar-refractivity contribution < 1.29 is 19.0 Å². The highest BCUT2D eigenvalue weighted by atomic mass is 16.5. The lowest BCUT2D eigenvalue weighted by Gasteiger charge is -2.31. The number of benzene rings is 3. The normalized spacial score (nSPS) is 13.0. The second-order valence-electron chi connectivity index (χ2n) is 8.82. The van der Waals surface area contributed by atoms with Crippen molar-refractivity contribution >= 4 is 23.1 Å². The quantitative estimate of drug-likeness (QED) is 0.453. The third-order valence-corrected chi connectivity index (χ3v) is 6.47. The maximum atomic E-state index is 12.9. The maximum Gasteiger partial charge on any atom is 0.319 e. The van der Waals surface area contributed by atoms with Crippen molar-refractivity contribution in [1.29, 1.82) is 0 Å². The Morgan fingerprint density at radius 1 is 0.972 bits per heavy atom. The van der Waals surface area contributed by atoms with Crippen molar-refractivity contribution in [3.63, 3.8) is 0 Å². The van der Waals surface area contributed by atoms with Crippen LogP contribution in [0.1, 0.15) is 17.2 Å². The lowest BCUT2D eigenvalue weighted by molar-refractivity contribution is 0.251. The van der Waals surface area contributed by atoms with Crippen LogP contribution < -0.4 is 34.6 Å². The van der Waals surface area contributed by atoms with E-state index in [9.17, 15) is 4.79 Å². The standard InChI is InChI=1S/C28H34N4O4/c1-31(2)22-12-10-20(11-13-22)24(32-15-14-19-8-6-7-9-23(19)32)18-29-28(33)30-21-16-25(34-3)27(36-5)26(17-21)35-4/h6-13,16-17,24H,14-15,18H2,1-5H3,(H2,29,30,33)/t24-/m1/s1. The summed E-state index contributed by atoms with van der Waals surface area (Å²) in [6, 6.07) is 20.0. The predicted molar refractivity (Wildman–Crippen MR) is 144 cm³/mol. The molecular formula is C28H34N4O4. The SMILES string of the molecule is COc1cc(NC(=O)NC[C@H](c2ccc(N(C)C)cc2)N2CCc3ccccc32)cc(OC)c1OC. The number of para-hydroxylation sites is 1. The molecule has 8 heteroatoms. The number of amides is 2. The first-order valence-electron chi connectivity index (χ1n) is 11.9. The fourth-order valence-electron chi connectivity index (χ4n) is 4.61. The second kappa shape index (κ2) is 11.1. The molecule has 0 unspecified atom stereocenters. The molecule has 36 heavy (non-hydrogen) atoms. The number of fused-ring (bicyclic) bond motifs is 1. The highest BCUT2D eigenvalue weighted by Crippen LogP contribution is 2.40. The van der Waals surface area contributed by atoms with Crippen LogP contribution in [0.2, 0.25) is 0 Å². The third kappa shape index (κ3) is 5.27. The summed E-state index contributed by atoms with van der Waals surface area (Å²) in [4.78, 5) is 17.4. The first-order valence-corrected chi connectivity index (χ1v) is 11.9. The Kier molecular flexibility index (Phi) is 7.73. The zero-order valence-electron chi connectivity index (χ0n) is 21.5. The molecule has 0 spiro atoms. The van der Waals surface area contributed by atoms with Gasteiger partial charge in [0.2, 0.25) is 5.75 Å². The molecule has 190 valence electrons. The number of rotatable bonds is 9. The minimum absolute atomic E-state index is 0.0180. The molecule has 0 radical (unpaired) electrons. The van der Waals surface area contributed by atoms with Gasteiger partial charge in [0.1, 0.15) is 0 Å². The lowest BCUT2D eigenvalue weighted by Crippen LogP contribution is -2.39. The molecule has 2 amide bonds. The van der Waals surface area contributed by atoms with Crippen LogP contribution in [0.15, 0.2) is 60.7 Å². The van der Waals surface area contributed by atoms with E-state index < -0.39 is 0 Å². The molecule has 0 saturated carbocycles. The minimum Gasteiger partial charge on any atom is -0.493 e. The van der Waals surface area contributed by atoms with E-state index >= 15 is 0 Å². The van der Waals surface area contributed by atoms with Crippen LogP contribution in [0.5, 0.6) is 17.2 Å². The van der Waals surface area contributed by atoms with Crippen molar-refractivity contribution in [2.75, 3.05) is 63.6 Å². The first-order chi connectivity index (χ1) is 17.4. The number of methoxy groups -OCH3 is 3. The molecule has 1 atom stereocenters. The van der Waals surface area contributed by atoms with Gasteiger partial charge in [-0.2, -0.15) is 0 Å². The molecule has 3 aromatic rings. The number of anilines is 3. The topological polar surface area (TPSA) is 75.3 Å². The van der Waals surface area contributed by atoms with E-state index in [1.807, 2.05) is 14.1 Å². The average molecular weight is 491 g/mol. The highest BCUT2D eigenvalue weighted by Gasteiger charge is 2.27. The summed E-state index contributed by atoms with van der Waals surface area (Å²) in [6.45, 7) is 1.33. The molecule has 2 N–H and O–H groups in total. The van der Waals surface area contributed by atoms with Crippen molar-refractivity contribution in [3.8, 4) is 17.2 Å². The molecule has 0 bridgehead atoms. The lowest BCUT2D eigenvalue weighted by atomic mass is 10.0. The summed E-state index contributed by atoms with van der Waals surface area (Å²) in [7, 11) is 8.68. The van der Waals surface area contributed by atoms with Crippen molar-refractivity contribution in [1.82, 2.24) is 5.32 Å². The van der Waals surface area contributed by atoms with Gasteiger partial charge in [0.25, 0.3) is 0 Å². The van der Waals surface area contributed by atoms with E-state index in [1.165, 1.54) is 11.3 Å². The van der Waals surface area contributed by atoms with E-state index in [4.69, 9.17) is 14.2 Å². The van der Waals surface area contributed by atoms with Gasteiger partial charge in [-0.1, -0.05) is 30.3 Å². The third-order valence-electron chi connectivity index (χ3n) is 6.47. The van der Waals surface area contributed by atoms with Crippen LogP contribution in [0.25, 0.3) is 0 Å². The van der Waals surface area contributed by atoms with Gasteiger partial charge in [0, 0.05) is 50.7 Å². The van der Waals surface area contributed by atoms with Crippen molar-refractivity contribution in [2.24, 2.45) is 0 Å². The van der Waals surface area contributed by atoms with E-state index in [1.54, 1.807) is 33.5 Å². The molecule has 0 aromatic heterocycles. The maximum absolute atomic E-state index is 12.9. The Morgan fingerprint density at radius 3 is 2.25 bits per heavy atom. The molecule has 3 aromatic carbocycles. The molecule has 1 heterocycles. The molecule has 0 fully saturated rings. The monoisotopic (exact) mass is 490 g/mol. The van der Waals surface area contributed by atoms with E-state index in [0.29, 0.717) is 29.5 Å². The number of nitrogens with one attached hydrogen (secondary N) is 2. The van der Waals surface area contributed by atoms with Gasteiger partial charge >= 0.3 is 6.03 Å². The Bertz CT molecular complexity index is 1170. The van der Waals surface area contributed by atoms with Crippen LogP contribution in [-0.2, 0) is 6.42 Å². The van der Waals surface area contributed by atoms with Crippen LogP contribution in [0, 0.1) is 0 Å². The van der Waals surface area contributed by atoms with Crippen molar-refractivity contribution in [3.05, 3.63) is 71.8 Å². The average Bonchev–Trinajstić information content (AvgIpc) is 3.32. The first kappa shape index (κ1) is 25.0. The van der Waals surface area contributed by atoms with E-state index in [-0.39, 0.29) is 12.1 Å². The molecular weight excluding hydrogens is 456 g/mol. The summed E-state index contributed by atoms with van der Waals surface area (Å²) in [6.07, 6.45) is 0.986. The smallest absolute Gasteiger partial charge is 0.319 e. The fourth-order valence-corrected chi connectivity index (χ4v) is 4.61. The number of carbonyl (C=O) groups excluding carboxylic acids is 1. The second-order valence-corrected chi connectivity index (χ2v) is 8.82. The van der Waals surface area contributed by atoms with Gasteiger partial charge in [0.15, 0.2) is 11.5 Å². The Balaban J connectivity index is 1.54. The summed E-state index contributed by atoms with van der Waals surface area (Å²) in [5.74, 6) is 1.42. The van der Waals surface area contributed by atoms with Crippen molar-refractivity contribution in [2.45, 2.75) is 12.5 Å². The molecule has 8 nitrogen and oxygen atoms in total. The number of hydrogen-bond acceptors (Lipinski definition) is 6. The van der Waals surface area contributed by atoms with E-state index in [2.05, 4.69) is 69.0 Å². The number of hydrogen-bond donors (Lipinski definition) is 2. The van der Waals surface area contributed by atoms with Gasteiger partial charge in [-0.05, 0) is 35.7 Å². The summed E-state index contributed by atoms with van der Waals surface area (Å²) in [5.41, 5.74) is 5.36. The summed E-state index contributed by atoms with van der Waals surface area (Å²) < 4.78 is 16.2. The van der Waals surface area contributed by atoms with Gasteiger partial charge in [-0.3, -0.25) is 0 Å². The molecule has 1 aliphatic heterocycles. The van der Waals surface area contributed by atoms with Crippen LogP contribution >= 0.6 is 0 Å². The molecule has 1 aliphatic rings. The number of carbonyl (C=O) groups is 1. The summed E-state index contributed by atoms with van der Waals surface area (Å²) >= 11 is 0. The van der Waals surface area contributed by atoms with Gasteiger partial charge < -0.3 is 34.6 Å². The summed E-state index contributed by atoms with van der Waals surface area (Å²) in [5, 5.41) is 5.96. The Labute approximate surface area is 212 Å². The highest BCUT2D eigenvalue weighted by molar-refractivity contribution is 5.90. The number of ether oxygens (including phenoxy) is 3. The predicted octanol–water partition coefficient (Wildman–Crippen LogP) is 4.70. The van der Waals surface area contributed by atoms with Crippen LogP contribution in [0.3, 0.4) is 0 Å². The van der Waals surface area contributed by atoms with Gasteiger partial charge in [-0.25, -0.2) is 4.79 Å². The van der Waals surface area contributed by atoms with Crippen LogP contribution in [-0.4, -0.2) is 54.5 Å². The van der Waals surface area contributed by atoms with Gasteiger partial charge in [0.05, 0.1) is 33.1 Å². The zero-order valence-corrected chi connectivity index (χ0v) is 21.5. The molecule has 4 rings (SSSR count). The number of nitrogens with zero attached hydrogens (tertiary/aromatic N) is 2. The van der Waals surface area contributed by atoms with Crippen LogP contribution in [0.4, 0.5) is 21.9 Å². The Hall–Kier alpha value is -4.07. The van der Waals surface area contributed by atoms with Gasteiger partial charge in [-0.15, -0.1) is 0 Å².